The van der Waals surface area contributed by atoms with Crippen LogP contribution >= 0.6 is 0 Å². The fourth-order valence-corrected chi connectivity index (χ4v) is 1.93. The van der Waals surface area contributed by atoms with Gasteiger partial charge in [0.05, 0.1) is 0 Å². The normalized spacial score (nSPS) is 11.9. The zero-order valence-electron chi connectivity index (χ0n) is 11.7. The highest BCUT2D eigenvalue weighted by molar-refractivity contribution is 5.25. The van der Waals surface area contributed by atoms with Crippen LogP contribution in [0.5, 0.6) is 0 Å². The third-order valence-electron chi connectivity index (χ3n) is 3.25. The third kappa shape index (κ3) is 4.37. The average molecular weight is 255 g/mol. The van der Waals surface area contributed by atoms with E-state index in [-0.39, 0.29) is 5.41 Å². The van der Waals surface area contributed by atoms with Crippen molar-refractivity contribution < 1.29 is 8.78 Å². The molecule has 0 atom stereocenters. The first-order valence-electron chi connectivity index (χ1n) is 6.51. The molecule has 0 bridgehead atoms. The van der Waals surface area contributed by atoms with Crippen LogP contribution in [0, 0.1) is 24.0 Å². The summed E-state index contributed by atoms with van der Waals surface area (Å²) in [6, 6.07) is 2.61. The van der Waals surface area contributed by atoms with Crippen molar-refractivity contribution in [2.24, 2.45) is 5.41 Å². The fraction of sp³-hybridized carbons (Fsp3) is 0.600. The van der Waals surface area contributed by atoms with Crippen LogP contribution in [0.3, 0.4) is 0 Å². The van der Waals surface area contributed by atoms with Gasteiger partial charge in [-0.25, -0.2) is 8.78 Å². The van der Waals surface area contributed by atoms with E-state index in [0.29, 0.717) is 17.5 Å². The molecular weight excluding hydrogens is 232 g/mol. The Balaban J connectivity index is 2.66. The maximum atomic E-state index is 13.6. The van der Waals surface area contributed by atoms with Gasteiger partial charge in [0.15, 0.2) is 0 Å². The molecule has 18 heavy (non-hydrogen) atoms. The predicted molar refractivity (Wildman–Crippen MR) is 71.7 cm³/mol. The molecule has 0 saturated heterocycles. The first-order chi connectivity index (χ1) is 8.35. The molecule has 1 rings (SSSR count). The van der Waals surface area contributed by atoms with Gasteiger partial charge in [-0.1, -0.05) is 26.8 Å². The minimum atomic E-state index is -0.469. The molecular formula is C15H23F2N. The summed E-state index contributed by atoms with van der Waals surface area (Å²) < 4.78 is 26.8. The lowest BCUT2D eigenvalue weighted by molar-refractivity contribution is 0.316. The molecule has 1 nitrogen and oxygen atoms in total. The molecule has 0 fully saturated rings. The second-order valence-corrected chi connectivity index (χ2v) is 5.64. The van der Waals surface area contributed by atoms with Crippen molar-refractivity contribution >= 4 is 0 Å². The largest absolute Gasteiger partial charge is 0.316 e. The summed E-state index contributed by atoms with van der Waals surface area (Å²) in [5.74, 6) is -0.902. The van der Waals surface area contributed by atoms with Gasteiger partial charge in [0, 0.05) is 12.6 Å². The number of benzene rings is 1. The van der Waals surface area contributed by atoms with Gasteiger partial charge >= 0.3 is 0 Å². The molecule has 1 aromatic rings. The molecule has 1 N–H and O–H groups in total. The molecule has 0 aliphatic carbocycles. The van der Waals surface area contributed by atoms with Crippen molar-refractivity contribution in [2.45, 2.75) is 40.5 Å². The van der Waals surface area contributed by atoms with E-state index in [9.17, 15) is 8.78 Å². The lowest BCUT2D eigenvalue weighted by Gasteiger charge is -2.25. The Morgan fingerprint density at radius 2 is 1.83 bits per heavy atom. The summed E-state index contributed by atoms with van der Waals surface area (Å²) in [7, 11) is 0. The number of rotatable bonds is 6. The first kappa shape index (κ1) is 15.1. The predicted octanol–water partition coefficient (Wildman–Crippen LogP) is 3.84. The Morgan fingerprint density at radius 3 is 2.44 bits per heavy atom. The zero-order valence-corrected chi connectivity index (χ0v) is 11.7. The SMILES string of the molecule is CCNCC(C)(C)CCc1cc(C)c(F)cc1F. The summed E-state index contributed by atoms with van der Waals surface area (Å²) in [6.45, 7) is 9.90. The molecule has 0 unspecified atom stereocenters. The van der Waals surface area contributed by atoms with Gasteiger partial charge in [0.1, 0.15) is 11.6 Å². The van der Waals surface area contributed by atoms with E-state index in [1.807, 2.05) is 0 Å². The van der Waals surface area contributed by atoms with Crippen LogP contribution in [0.4, 0.5) is 8.78 Å². The van der Waals surface area contributed by atoms with E-state index in [4.69, 9.17) is 0 Å². The van der Waals surface area contributed by atoms with E-state index in [1.165, 1.54) is 0 Å². The standard InChI is InChI=1S/C15H23F2N/c1-5-18-10-15(3,4)7-6-12-8-11(2)13(16)9-14(12)17/h8-9,18H,5-7,10H2,1-4H3. The minimum Gasteiger partial charge on any atom is -0.316 e. The summed E-state index contributed by atoms with van der Waals surface area (Å²) in [5, 5.41) is 3.31. The number of hydrogen-bond acceptors (Lipinski definition) is 1. The van der Waals surface area contributed by atoms with Gasteiger partial charge in [0.2, 0.25) is 0 Å². The lowest BCUT2D eigenvalue weighted by Crippen LogP contribution is -2.29. The molecule has 3 heteroatoms. The Labute approximate surface area is 109 Å². The van der Waals surface area contributed by atoms with Crippen molar-refractivity contribution in [3.8, 4) is 0 Å². The molecule has 1 aromatic carbocycles. The van der Waals surface area contributed by atoms with E-state index >= 15 is 0 Å². The minimum absolute atomic E-state index is 0.116. The second-order valence-electron chi connectivity index (χ2n) is 5.64. The van der Waals surface area contributed by atoms with Gasteiger partial charge in [-0.05, 0) is 42.9 Å². The van der Waals surface area contributed by atoms with Gasteiger partial charge in [-0.3, -0.25) is 0 Å². The quantitative estimate of drug-likeness (QED) is 0.814. The molecule has 0 aliphatic rings. The summed E-state index contributed by atoms with van der Waals surface area (Å²) in [5.41, 5.74) is 1.24. The van der Waals surface area contributed by atoms with Crippen molar-refractivity contribution in [1.29, 1.82) is 0 Å². The molecule has 0 heterocycles. The Morgan fingerprint density at radius 1 is 1.17 bits per heavy atom. The first-order valence-corrected chi connectivity index (χ1v) is 6.51. The van der Waals surface area contributed by atoms with Crippen LogP contribution < -0.4 is 5.32 Å². The fourth-order valence-electron chi connectivity index (χ4n) is 1.93. The average Bonchev–Trinajstić information content (AvgIpc) is 2.30. The van der Waals surface area contributed by atoms with E-state index in [1.54, 1.807) is 13.0 Å². The number of aryl methyl sites for hydroxylation is 2. The van der Waals surface area contributed by atoms with Gasteiger partial charge in [-0.15, -0.1) is 0 Å². The van der Waals surface area contributed by atoms with E-state index in [0.717, 1.165) is 25.6 Å². The number of hydrogen-bond donors (Lipinski definition) is 1. The topological polar surface area (TPSA) is 12.0 Å². The maximum Gasteiger partial charge on any atom is 0.129 e. The molecule has 0 saturated carbocycles. The molecule has 0 radical (unpaired) electrons. The molecule has 0 spiro atoms. The number of nitrogens with one attached hydrogen (secondary N) is 1. The van der Waals surface area contributed by atoms with Crippen molar-refractivity contribution in [3.05, 3.63) is 34.9 Å². The number of halogens is 2. The maximum absolute atomic E-state index is 13.6. The van der Waals surface area contributed by atoms with Crippen LogP contribution in [0.1, 0.15) is 38.3 Å². The monoisotopic (exact) mass is 255 g/mol. The Hall–Kier alpha value is -0.960. The smallest absolute Gasteiger partial charge is 0.129 e. The van der Waals surface area contributed by atoms with E-state index in [2.05, 4.69) is 26.1 Å². The molecule has 0 amide bonds. The van der Waals surface area contributed by atoms with Gasteiger partial charge in [0.25, 0.3) is 0 Å². The zero-order chi connectivity index (χ0) is 13.8. The van der Waals surface area contributed by atoms with Crippen molar-refractivity contribution in [3.63, 3.8) is 0 Å². The molecule has 0 aromatic heterocycles. The van der Waals surface area contributed by atoms with Crippen LogP contribution in [0.2, 0.25) is 0 Å². The Bertz CT molecular complexity index is 400. The van der Waals surface area contributed by atoms with Crippen LogP contribution in [0.15, 0.2) is 12.1 Å². The van der Waals surface area contributed by atoms with Crippen LogP contribution in [0.25, 0.3) is 0 Å². The highest BCUT2D eigenvalue weighted by Crippen LogP contribution is 2.24. The highest BCUT2D eigenvalue weighted by Gasteiger charge is 2.18. The molecule has 102 valence electrons. The summed E-state index contributed by atoms with van der Waals surface area (Å²) in [6.07, 6.45) is 1.52. The lowest BCUT2D eigenvalue weighted by atomic mass is 9.86. The van der Waals surface area contributed by atoms with Crippen molar-refractivity contribution in [2.75, 3.05) is 13.1 Å². The van der Waals surface area contributed by atoms with Crippen LogP contribution in [-0.2, 0) is 6.42 Å². The summed E-state index contributed by atoms with van der Waals surface area (Å²) in [4.78, 5) is 0. The summed E-state index contributed by atoms with van der Waals surface area (Å²) >= 11 is 0. The Kier molecular flexibility index (Phi) is 5.27. The van der Waals surface area contributed by atoms with Gasteiger partial charge in [-0.2, -0.15) is 0 Å². The van der Waals surface area contributed by atoms with Crippen LogP contribution in [-0.4, -0.2) is 13.1 Å². The van der Waals surface area contributed by atoms with Gasteiger partial charge < -0.3 is 5.32 Å². The van der Waals surface area contributed by atoms with E-state index < -0.39 is 11.6 Å². The second kappa shape index (κ2) is 6.28. The highest BCUT2D eigenvalue weighted by atomic mass is 19.1. The van der Waals surface area contributed by atoms with Crippen molar-refractivity contribution in [1.82, 2.24) is 5.32 Å². The third-order valence-corrected chi connectivity index (χ3v) is 3.25. The molecule has 0 aliphatic heterocycles.